The third kappa shape index (κ3) is 2.51. The van der Waals surface area contributed by atoms with Gasteiger partial charge in [-0.3, -0.25) is 4.79 Å². The molecule has 110 valence electrons. The molecule has 0 aliphatic rings. The van der Waals surface area contributed by atoms with Crippen LogP contribution < -0.4 is 5.32 Å². The van der Waals surface area contributed by atoms with Gasteiger partial charge in [-0.2, -0.15) is 15.4 Å². The molecule has 0 bridgehead atoms. The van der Waals surface area contributed by atoms with E-state index in [0.29, 0.717) is 27.8 Å². The number of hydrogen-bond donors (Lipinski definition) is 2. The minimum Gasteiger partial charge on any atom is -0.465 e. The Morgan fingerprint density at radius 3 is 2.68 bits per heavy atom. The van der Waals surface area contributed by atoms with Crippen LogP contribution in [0.25, 0.3) is 11.0 Å². The monoisotopic (exact) mass is 296 g/mol. The summed E-state index contributed by atoms with van der Waals surface area (Å²) < 4.78 is 4.70. The first-order chi connectivity index (χ1) is 10.7. The van der Waals surface area contributed by atoms with E-state index in [1.54, 1.807) is 42.5 Å². The zero-order valence-electron chi connectivity index (χ0n) is 11.7. The van der Waals surface area contributed by atoms with Crippen LogP contribution in [0.4, 0.5) is 5.69 Å². The number of methoxy groups -OCH3 is 1. The molecule has 7 nitrogen and oxygen atoms in total. The highest BCUT2D eigenvalue weighted by atomic mass is 16.5. The highest BCUT2D eigenvalue weighted by molar-refractivity contribution is 6.09. The number of hydrogen-bond acceptors (Lipinski definition) is 5. The van der Waals surface area contributed by atoms with Crippen molar-refractivity contribution in [2.75, 3.05) is 12.4 Å². The van der Waals surface area contributed by atoms with E-state index in [2.05, 4.69) is 20.7 Å². The molecule has 3 aromatic rings. The first kappa shape index (κ1) is 13.7. The SMILES string of the molecule is COC(=O)c1ccccc1NC(=O)c1ccc2n[nH]nc2c1. The summed E-state index contributed by atoms with van der Waals surface area (Å²) in [7, 11) is 1.29. The Morgan fingerprint density at radius 1 is 1.09 bits per heavy atom. The topological polar surface area (TPSA) is 97.0 Å². The molecule has 0 saturated carbocycles. The number of fused-ring (bicyclic) bond motifs is 1. The van der Waals surface area contributed by atoms with Gasteiger partial charge in [0.05, 0.1) is 18.4 Å². The summed E-state index contributed by atoms with van der Waals surface area (Å²) in [6.07, 6.45) is 0. The van der Waals surface area contributed by atoms with Crippen LogP contribution in [-0.4, -0.2) is 34.4 Å². The second kappa shape index (κ2) is 5.65. The minimum atomic E-state index is -0.511. The van der Waals surface area contributed by atoms with E-state index in [9.17, 15) is 9.59 Å². The molecule has 0 fully saturated rings. The smallest absolute Gasteiger partial charge is 0.339 e. The van der Waals surface area contributed by atoms with Crippen LogP contribution >= 0.6 is 0 Å². The molecule has 0 atom stereocenters. The Hall–Kier alpha value is -3.22. The minimum absolute atomic E-state index is 0.292. The molecule has 3 rings (SSSR count). The zero-order chi connectivity index (χ0) is 15.5. The third-order valence-corrected chi connectivity index (χ3v) is 3.16. The van der Waals surface area contributed by atoms with E-state index in [0.717, 1.165) is 0 Å². The van der Waals surface area contributed by atoms with Crippen LogP contribution in [0.5, 0.6) is 0 Å². The van der Waals surface area contributed by atoms with E-state index >= 15 is 0 Å². The van der Waals surface area contributed by atoms with Crippen molar-refractivity contribution in [3.8, 4) is 0 Å². The standard InChI is InChI=1S/C15H12N4O3/c1-22-15(21)10-4-2-3-5-11(10)16-14(20)9-6-7-12-13(8-9)18-19-17-12/h2-8H,1H3,(H,16,20)(H,17,18,19). The predicted octanol–water partition coefficient (Wildman–Crippen LogP) is 2.00. The number of para-hydroxylation sites is 1. The molecular weight excluding hydrogens is 284 g/mol. The fraction of sp³-hybridized carbons (Fsp3) is 0.0667. The number of benzene rings is 2. The van der Waals surface area contributed by atoms with E-state index < -0.39 is 5.97 Å². The van der Waals surface area contributed by atoms with E-state index in [1.807, 2.05) is 0 Å². The number of amides is 1. The van der Waals surface area contributed by atoms with E-state index in [1.165, 1.54) is 7.11 Å². The number of H-pyrrole nitrogens is 1. The normalized spacial score (nSPS) is 10.4. The van der Waals surface area contributed by atoms with Gasteiger partial charge in [0.1, 0.15) is 11.0 Å². The largest absolute Gasteiger partial charge is 0.465 e. The van der Waals surface area contributed by atoms with E-state index in [-0.39, 0.29) is 5.91 Å². The summed E-state index contributed by atoms with van der Waals surface area (Å²) in [6, 6.07) is 11.6. The van der Waals surface area contributed by atoms with Gasteiger partial charge in [0, 0.05) is 5.56 Å². The summed E-state index contributed by atoms with van der Waals surface area (Å²) in [5.41, 5.74) is 2.36. The summed E-state index contributed by atoms with van der Waals surface area (Å²) in [5.74, 6) is -0.857. The van der Waals surface area contributed by atoms with Gasteiger partial charge in [-0.15, -0.1) is 0 Å². The lowest BCUT2D eigenvalue weighted by Crippen LogP contribution is -2.15. The first-order valence-corrected chi connectivity index (χ1v) is 6.48. The van der Waals surface area contributed by atoms with Gasteiger partial charge < -0.3 is 10.1 Å². The molecule has 2 N–H and O–H groups in total. The van der Waals surface area contributed by atoms with Gasteiger partial charge in [-0.1, -0.05) is 12.1 Å². The number of carbonyl (C=O) groups excluding carboxylic acids is 2. The van der Waals surface area contributed by atoms with Crippen LogP contribution in [0.2, 0.25) is 0 Å². The number of rotatable bonds is 3. The number of aromatic nitrogens is 3. The second-order valence-corrected chi connectivity index (χ2v) is 4.52. The number of ether oxygens (including phenoxy) is 1. The molecule has 7 heteroatoms. The Labute approximate surface area is 125 Å². The number of aromatic amines is 1. The molecule has 1 heterocycles. The van der Waals surface area contributed by atoms with Crippen molar-refractivity contribution >= 4 is 28.6 Å². The molecule has 0 aliphatic carbocycles. The van der Waals surface area contributed by atoms with Crippen LogP contribution in [-0.2, 0) is 4.74 Å². The molecular formula is C15H12N4O3. The molecule has 1 aromatic heterocycles. The van der Waals surface area contributed by atoms with Crippen LogP contribution in [0.3, 0.4) is 0 Å². The van der Waals surface area contributed by atoms with Crippen molar-refractivity contribution in [2.45, 2.75) is 0 Å². The van der Waals surface area contributed by atoms with Gasteiger partial charge in [-0.05, 0) is 30.3 Å². The molecule has 2 aromatic carbocycles. The van der Waals surface area contributed by atoms with Gasteiger partial charge in [-0.25, -0.2) is 4.79 Å². The third-order valence-electron chi connectivity index (χ3n) is 3.16. The zero-order valence-corrected chi connectivity index (χ0v) is 11.7. The second-order valence-electron chi connectivity index (χ2n) is 4.52. The average Bonchev–Trinajstić information content (AvgIpc) is 3.02. The molecule has 0 aliphatic heterocycles. The molecule has 0 unspecified atom stereocenters. The highest BCUT2D eigenvalue weighted by Crippen LogP contribution is 2.18. The van der Waals surface area contributed by atoms with Gasteiger partial charge in [0.2, 0.25) is 0 Å². The van der Waals surface area contributed by atoms with Crippen LogP contribution in [0.1, 0.15) is 20.7 Å². The lowest BCUT2D eigenvalue weighted by molar-refractivity contribution is 0.0602. The van der Waals surface area contributed by atoms with E-state index in [4.69, 9.17) is 4.74 Å². The summed E-state index contributed by atoms with van der Waals surface area (Å²) in [6.45, 7) is 0. The average molecular weight is 296 g/mol. The Morgan fingerprint density at radius 2 is 1.86 bits per heavy atom. The summed E-state index contributed by atoms with van der Waals surface area (Å²) >= 11 is 0. The fourth-order valence-electron chi connectivity index (χ4n) is 2.06. The number of carbonyl (C=O) groups is 2. The number of nitrogens with zero attached hydrogens (tertiary/aromatic N) is 2. The maximum absolute atomic E-state index is 12.3. The van der Waals surface area contributed by atoms with Gasteiger partial charge in [0.25, 0.3) is 5.91 Å². The van der Waals surface area contributed by atoms with Crippen LogP contribution in [0, 0.1) is 0 Å². The van der Waals surface area contributed by atoms with Crippen LogP contribution in [0.15, 0.2) is 42.5 Å². The highest BCUT2D eigenvalue weighted by Gasteiger charge is 2.14. The van der Waals surface area contributed by atoms with Crippen molar-refractivity contribution < 1.29 is 14.3 Å². The number of anilines is 1. The fourth-order valence-corrected chi connectivity index (χ4v) is 2.06. The molecule has 0 saturated heterocycles. The summed E-state index contributed by atoms with van der Waals surface area (Å²) in [5, 5.41) is 13.1. The Bertz CT molecular complexity index is 857. The van der Waals surface area contributed by atoms with Crippen molar-refractivity contribution in [3.63, 3.8) is 0 Å². The van der Waals surface area contributed by atoms with Gasteiger partial charge >= 0.3 is 5.97 Å². The van der Waals surface area contributed by atoms with Crippen molar-refractivity contribution in [2.24, 2.45) is 0 Å². The van der Waals surface area contributed by atoms with Crippen molar-refractivity contribution in [3.05, 3.63) is 53.6 Å². The lowest BCUT2D eigenvalue weighted by atomic mass is 10.1. The van der Waals surface area contributed by atoms with Crippen molar-refractivity contribution in [1.82, 2.24) is 15.4 Å². The maximum Gasteiger partial charge on any atom is 0.339 e. The predicted molar refractivity (Wildman–Crippen MR) is 79.6 cm³/mol. The van der Waals surface area contributed by atoms with Crippen molar-refractivity contribution in [1.29, 1.82) is 0 Å². The molecule has 0 radical (unpaired) electrons. The number of esters is 1. The maximum atomic E-state index is 12.3. The summed E-state index contributed by atoms with van der Waals surface area (Å²) in [4.78, 5) is 24.0. The quantitative estimate of drug-likeness (QED) is 0.720. The Balaban J connectivity index is 1.89. The number of nitrogens with one attached hydrogen (secondary N) is 2. The Kier molecular flexibility index (Phi) is 3.53. The first-order valence-electron chi connectivity index (χ1n) is 6.48. The van der Waals surface area contributed by atoms with Gasteiger partial charge in [0.15, 0.2) is 0 Å². The molecule has 22 heavy (non-hydrogen) atoms. The molecule has 0 spiro atoms. The lowest BCUT2D eigenvalue weighted by Gasteiger charge is -2.09. The molecule has 1 amide bonds.